The van der Waals surface area contributed by atoms with Crippen LogP contribution in [0.1, 0.15) is 12.5 Å². The summed E-state index contributed by atoms with van der Waals surface area (Å²) >= 11 is 4.80. The zero-order valence-corrected chi connectivity index (χ0v) is 9.98. The molecule has 1 rings (SSSR count). The monoisotopic (exact) mass is 263 g/mol. The lowest BCUT2D eigenvalue weighted by atomic mass is 10.2. The van der Waals surface area contributed by atoms with Crippen LogP contribution in [0.2, 0.25) is 0 Å². The highest BCUT2D eigenvalue weighted by Crippen LogP contribution is 2.24. The second-order valence-electron chi connectivity index (χ2n) is 3.39. The van der Waals surface area contributed by atoms with Crippen LogP contribution in [-0.4, -0.2) is 29.2 Å². The lowest BCUT2D eigenvalue weighted by molar-refractivity contribution is -0.119. The van der Waals surface area contributed by atoms with Gasteiger partial charge in [0.1, 0.15) is 11.5 Å². The molecule has 0 saturated heterocycles. The van der Waals surface area contributed by atoms with Crippen molar-refractivity contribution in [1.29, 1.82) is 0 Å². The van der Waals surface area contributed by atoms with Gasteiger partial charge in [-0.15, -0.1) is 0 Å². The van der Waals surface area contributed by atoms with E-state index in [1.807, 2.05) is 0 Å². The van der Waals surface area contributed by atoms with Crippen LogP contribution >= 0.6 is 12.2 Å². The number of hydrogen-bond acceptors (Lipinski definition) is 3. The third-order valence-corrected chi connectivity index (χ3v) is 2.38. The van der Waals surface area contributed by atoms with E-state index in [4.69, 9.17) is 18.0 Å². The number of pyridine rings is 1. The molecule has 7 heteroatoms. The normalized spacial score (nSPS) is 11.3. The van der Waals surface area contributed by atoms with Gasteiger partial charge in [-0.2, -0.15) is 13.2 Å². The van der Waals surface area contributed by atoms with Gasteiger partial charge in [-0.05, 0) is 13.0 Å². The molecule has 17 heavy (non-hydrogen) atoms. The van der Waals surface area contributed by atoms with E-state index in [2.05, 4.69) is 4.98 Å². The Labute approximate surface area is 102 Å². The van der Waals surface area contributed by atoms with Gasteiger partial charge in [0.15, 0.2) is 0 Å². The first-order valence-electron chi connectivity index (χ1n) is 4.90. The van der Waals surface area contributed by atoms with Gasteiger partial charge in [-0.1, -0.05) is 12.2 Å². The zero-order chi connectivity index (χ0) is 13.1. The van der Waals surface area contributed by atoms with Crippen molar-refractivity contribution in [3.05, 3.63) is 24.0 Å². The van der Waals surface area contributed by atoms with E-state index in [1.54, 1.807) is 6.92 Å². The van der Waals surface area contributed by atoms with Crippen LogP contribution in [0.3, 0.4) is 0 Å². The van der Waals surface area contributed by atoms with Crippen LogP contribution in [0.15, 0.2) is 18.5 Å². The smallest absolute Gasteiger partial charge is 0.389 e. The van der Waals surface area contributed by atoms with Crippen LogP contribution in [0.5, 0.6) is 0 Å². The summed E-state index contributed by atoms with van der Waals surface area (Å²) in [6.07, 6.45) is -1.50. The summed E-state index contributed by atoms with van der Waals surface area (Å²) in [4.78, 5) is 5.00. The number of aromatic nitrogens is 1. The summed E-state index contributed by atoms with van der Waals surface area (Å²) < 4.78 is 37.2. The predicted molar refractivity (Wildman–Crippen MR) is 64.1 cm³/mol. The Hall–Kier alpha value is -1.37. The van der Waals surface area contributed by atoms with Gasteiger partial charge in [0.2, 0.25) is 0 Å². The number of nitrogens with two attached hydrogens (primary N) is 1. The first-order chi connectivity index (χ1) is 7.85. The van der Waals surface area contributed by atoms with E-state index in [9.17, 15) is 13.2 Å². The van der Waals surface area contributed by atoms with E-state index < -0.39 is 12.7 Å². The van der Waals surface area contributed by atoms with Crippen LogP contribution in [0.25, 0.3) is 0 Å². The van der Waals surface area contributed by atoms with Crippen molar-refractivity contribution in [2.24, 2.45) is 5.73 Å². The molecule has 0 aromatic carbocycles. The molecular weight excluding hydrogens is 251 g/mol. The summed E-state index contributed by atoms with van der Waals surface area (Å²) in [5.41, 5.74) is 6.18. The molecular formula is C10H12F3N3S. The first-order valence-corrected chi connectivity index (χ1v) is 5.31. The van der Waals surface area contributed by atoms with E-state index in [0.29, 0.717) is 11.3 Å². The van der Waals surface area contributed by atoms with Crippen molar-refractivity contribution in [1.82, 2.24) is 4.98 Å². The Morgan fingerprint density at radius 2 is 2.18 bits per heavy atom. The molecule has 1 aromatic heterocycles. The fourth-order valence-corrected chi connectivity index (χ4v) is 1.60. The van der Waals surface area contributed by atoms with Gasteiger partial charge >= 0.3 is 6.18 Å². The molecule has 94 valence electrons. The van der Waals surface area contributed by atoms with E-state index in [-0.39, 0.29) is 11.5 Å². The van der Waals surface area contributed by atoms with Crippen LogP contribution in [0.4, 0.5) is 18.9 Å². The highest BCUT2D eigenvalue weighted by Gasteiger charge is 2.31. The van der Waals surface area contributed by atoms with Gasteiger partial charge < -0.3 is 10.6 Å². The molecule has 1 heterocycles. The highest BCUT2D eigenvalue weighted by molar-refractivity contribution is 7.80. The Morgan fingerprint density at radius 3 is 2.65 bits per heavy atom. The van der Waals surface area contributed by atoms with Crippen molar-refractivity contribution in [3.8, 4) is 0 Å². The Bertz CT molecular complexity index is 406. The van der Waals surface area contributed by atoms with Gasteiger partial charge in [-0.3, -0.25) is 4.98 Å². The molecule has 0 bridgehead atoms. The topological polar surface area (TPSA) is 42.2 Å². The molecule has 0 atom stereocenters. The fourth-order valence-electron chi connectivity index (χ4n) is 1.43. The summed E-state index contributed by atoms with van der Waals surface area (Å²) in [5, 5.41) is 0. The number of alkyl halides is 3. The maximum absolute atomic E-state index is 12.4. The van der Waals surface area contributed by atoms with Crippen molar-refractivity contribution in [2.45, 2.75) is 13.1 Å². The van der Waals surface area contributed by atoms with Crippen molar-refractivity contribution < 1.29 is 13.2 Å². The van der Waals surface area contributed by atoms with Crippen molar-refractivity contribution in [2.75, 3.05) is 18.0 Å². The molecule has 0 radical (unpaired) electrons. The van der Waals surface area contributed by atoms with Gasteiger partial charge in [0.05, 0.1) is 11.9 Å². The summed E-state index contributed by atoms with van der Waals surface area (Å²) in [6, 6.07) is 1.51. The van der Waals surface area contributed by atoms with Gasteiger partial charge in [-0.25, -0.2) is 0 Å². The quantitative estimate of drug-likeness (QED) is 0.845. The lowest BCUT2D eigenvalue weighted by Crippen LogP contribution is -2.35. The van der Waals surface area contributed by atoms with Crippen molar-refractivity contribution in [3.63, 3.8) is 0 Å². The number of halogens is 3. The van der Waals surface area contributed by atoms with Gasteiger partial charge in [0, 0.05) is 18.3 Å². The molecule has 0 unspecified atom stereocenters. The average molecular weight is 263 g/mol. The highest BCUT2D eigenvalue weighted by atomic mass is 32.1. The molecule has 2 N–H and O–H groups in total. The maximum atomic E-state index is 12.4. The third-order valence-electron chi connectivity index (χ3n) is 2.16. The molecule has 0 aliphatic carbocycles. The minimum atomic E-state index is -4.28. The largest absolute Gasteiger partial charge is 0.405 e. The average Bonchev–Trinajstić information content (AvgIpc) is 2.24. The SMILES string of the molecule is CCN(CC(F)(F)F)c1cnccc1C(N)=S. The fraction of sp³-hybridized carbons (Fsp3) is 0.400. The van der Waals surface area contributed by atoms with Crippen LogP contribution in [0, 0.1) is 0 Å². The zero-order valence-electron chi connectivity index (χ0n) is 9.16. The lowest BCUT2D eigenvalue weighted by Gasteiger charge is -2.25. The van der Waals surface area contributed by atoms with Crippen LogP contribution < -0.4 is 10.6 Å². The summed E-state index contributed by atoms with van der Waals surface area (Å²) in [7, 11) is 0. The molecule has 3 nitrogen and oxygen atoms in total. The molecule has 0 saturated carbocycles. The van der Waals surface area contributed by atoms with E-state index in [1.165, 1.54) is 18.5 Å². The summed E-state index contributed by atoms with van der Waals surface area (Å²) in [5.74, 6) is 0. The van der Waals surface area contributed by atoms with Crippen LogP contribution in [-0.2, 0) is 0 Å². The predicted octanol–water partition coefficient (Wildman–Crippen LogP) is 2.10. The van der Waals surface area contributed by atoms with Gasteiger partial charge in [0.25, 0.3) is 0 Å². The Balaban J connectivity index is 3.07. The molecule has 0 aliphatic rings. The third kappa shape index (κ3) is 3.85. The number of rotatable bonds is 4. The minimum Gasteiger partial charge on any atom is -0.389 e. The number of anilines is 1. The number of nitrogens with zero attached hydrogens (tertiary/aromatic N) is 2. The van der Waals surface area contributed by atoms with E-state index in [0.717, 1.165) is 4.90 Å². The number of hydrogen-bond donors (Lipinski definition) is 1. The molecule has 0 amide bonds. The molecule has 0 spiro atoms. The maximum Gasteiger partial charge on any atom is 0.405 e. The molecule has 0 fully saturated rings. The van der Waals surface area contributed by atoms with E-state index >= 15 is 0 Å². The molecule has 1 aromatic rings. The second kappa shape index (κ2) is 5.31. The standard InChI is InChI=1S/C10H12F3N3S/c1-2-16(6-10(11,12)13)8-5-15-4-3-7(8)9(14)17/h3-5H,2,6H2,1H3,(H2,14,17). The Kier molecular flexibility index (Phi) is 4.28. The summed E-state index contributed by atoms with van der Waals surface area (Å²) in [6.45, 7) is 0.772. The minimum absolute atomic E-state index is 0.0584. The Morgan fingerprint density at radius 1 is 1.53 bits per heavy atom. The second-order valence-corrected chi connectivity index (χ2v) is 3.83. The first kappa shape index (κ1) is 13.7. The van der Waals surface area contributed by atoms with Crippen molar-refractivity contribution >= 4 is 22.9 Å². The number of thiocarbonyl (C=S) groups is 1. The molecule has 0 aliphatic heterocycles.